The number of H-pyrrole nitrogens is 1. The Morgan fingerprint density at radius 3 is 3.00 bits per heavy atom. The maximum atomic E-state index is 11.4. The Bertz CT molecular complexity index is 821. The number of fused-ring (bicyclic) bond motifs is 3. The highest BCUT2D eigenvalue weighted by Gasteiger charge is 2.42. The van der Waals surface area contributed by atoms with Gasteiger partial charge in [-0.05, 0) is 30.5 Å². The third-order valence-corrected chi connectivity index (χ3v) is 4.72. The van der Waals surface area contributed by atoms with Crippen LogP contribution in [0, 0.1) is 11.3 Å². The Labute approximate surface area is 138 Å². The molecule has 0 radical (unpaired) electrons. The smallest absolute Gasteiger partial charge is 0.306 e. The molecule has 2 N–H and O–H groups in total. The van der Waals surface area contributed by atoms with Gasteiger partial charge < -0.3 is 14.8 Å². The Hall–Kier alpha value is -2.03. The van der Waals surface area contributed by atoms with E-state index in [-0.39, 0.29) is 6.42 Å². The van der Waals surface area contributed by atoms with Crippen LogP contribution in [0.4, 0.5) is 0 Å². The molecule has 23 heavy (non-hydrogen) atoms. The number of carboxylic acid groups (broad SMARTS) is 1. The second kappa shape index (κ2) is 5.88. The SMILES string of the molecule is CCCC1(CC(=O)O)OCCc2c1[nH]c1c(Cl)ccc(C#N)c21. The van der Waals surface area contributed by atoms with E-state index in [0.717, 1.165) is 23.1 Å². The number of nitrogens with one attached hydrogen (secondary N) is 1. The number of halogens is 1. The summed E-state index contributed by atoms with van der Waals surface area (Å²) in [5.74, 6) is -0.906. The van der Waals surface area contributed by atoms with E-state index in [1.54, 1.807) is 12.1 Å². The van der Waals surface area contributed by atoms with Gasteiger partial charge in [-0.3, -0.25) is 4.79 Å². The first-order chi connectivity index (χ1) is 11.0. The van der Waals surface area contributed by atoms with Crippen LogP contribution >= 0.6 is 11.6 Å². The number of aromatic nitrogens is 1. The fourth-order valence-electron chi connectivity index (χ4n) is 3.56. The minimum Gasteiger partial charge on any atom is -0.481 e. The number of nitrogens with zero attached hydrogens (tertiary/aromatic N) is 1. The molecule has 1 unspecified atom stereocenters. The lowest BCUT2D eigenvalue weighted by Gasteiger charge is -2.36. The zero-order valence-corrected chi connectivity index (χ0v) is 13.5. The summed E-state index contributed by atoms with van der Waals surface area (Å²) in [4.78, 5) is 14.7. The second-order valence-corrected chi connectivity index (χ2v) is 6.26. The number of benzene rings is 1. The van der Waals surface area contributed by atoms with Gasteiger partial charge >= 0.3 is 5.97 Å². The lowest BCUT2D eigenvalue weighted by atomic mass is 9.84. The standard InChI is InChI=1S/C17H17ClN2O3/c1-2-6-17(8-13(21)22)16-11(5-7-23-17)14-10(9-19)3-4-12(18)15(14)20-16/h3-4,20H,2,5-8H2,1H3,(H,21,22). The summed E-state index contributed by atoms with van der Waals surface area (Å²) in [5, 5.41) is 20.1. The number of hydrogen-bond donors (Lipinski definition) is 2. The fourth-order valence-corrected chi connectivity index (χ4v) is 3.77. The van der Waals surface area contributed by atoms with Gasteiger partial charge in [0.15, 0.2) is 0 Å². The van der Waals surface area contributed by atoms with Crippen LogP contribution in [-0.4, -0.2) is 22.7 Å². The van der Waals surface area contributed by atoms with Crippen molar-refractivity contribution in [3.8, 4) is 6.07 Å². The van der Waals surface area contributed by atoms with E-state index >= 15 is 0 Å². The molecule has 6 heteroatoms. The molecule has 0 saturated heterocycles. The van der Waals surface area contributed by atoms with Gasteiger partial charge in [0.05, 0.1) is 40.9 Å². The maximum absolute atomic E-state index is 11.4. The molecule has 0 amide bonds. The summed E-state index contributed by atoms with van der Waals surface area (Å²) < 4.78 is 5.95. The van der Waals surface area contributed by atoms with E-state index in [2.05, 4.69) is 11.1 Å². The van der Waals surface area contributed by atoms with Gasteiger partial charge in [0.1, 0.15) is 5.60 Å². The van der Waals surface area contributed by atoms with Crippen molar-refractivity contribution in [3.05, 3.63) is 34.0 Å². The molecule has 1 aromatic heterocycles. The average molecular weight is 333 g/mol. The van der Waals surface area contributed by atoms with Crippen LogP contribution in [0.2, 0.25) is 5.02 Å². The van der Waals surface area contributed by atoms with E-state index in [4.69, 9.17) is 16.3 Å². The third-order valence-electron chi connectivity index (χ3n) is 4.41. The minimum atomic E-state index is -0.906. The number of aliphatic carboxylic acids is 1. The highest BCUT2D eigenvalue weighted by Crippen LogP contribution is 2.44. The molecule has 2 heterocycles. The molecule has 0 saturated carbocycles. The fraction of sp³-hybridized carbons (Fsp3) is 0.412. The van der Waals surface area contributed by atoms with Crippen LogP contribution in [-0.2, 0) is 21.6 Å². The molecule has 3 rings (SSSR count). The van der Waals surface area contributed by atoms with Gasteiger partial charge in [-0.1, -0.05) is 24.9 Å². The third kappa shape index (κ3) is 2.48. The first-order valence-electron chi connectivity index (χ1n) is 7.62. The van der Waals surface area contributed by atoms with E-state index < -0.39 is 11.6 Å². The first-order valence-corrected chi connectivity index (χ1v) is 7.99. The van der Waals surface area contributed by atoms with Crippen molar-refractivity contribution in [1.29, 1.82) is 5.26 Å². The molecule has 1 atom stereocenters. The Balaban J connectivity index is 2.30. The number of nitriles is 1. The molecule has 5 nitrogen and oxygen atoms in total. The summed E-state index contributed by atoms with van der Waals surface area (Å²) >= 11 is 6.28. The van der Waals surface area contributed by atoms with Crippen molar-refractivity contribution in [2.45, 2.75) is 38.2 Å². The summed E-state index contributed by atoms with van der Waals surface area (Å²) in [6.07, 6.45) is 1.91. The topological polar surface area (TPSA) is 86.1 Å². The molecule has 0 spiro atoms. The summed E-state index contributed by atoms with van der Waals surface area (Å²) in [7, 11) is 0. The zero-order valence-electron chi connectivity index (χ0n) is 12.8. The van der Waals surface area contributed by atoms with Gasteiger partial charge in [0.25, 0.3) is 0 Å². The number of aromatic amines is 1. The van der Waals surface area contributed by atoms with E-state index in [9.17, 15) is 15.2 Å². The Kier molecular flexibility index (Phi) is 4.05. The predicted octanol–water partition coefficient (Wildman–Crippen LogP) is 3.74. The largest absolute Gasteiger partial charge is 0.481 e. The summed E-state index contributed by atoms with van der Waals surface area (Å²) in [6.45, 7) is 2.43. The van der Waals surface area contributed by atoms with Crippen molar-refractivity contribution < 1.29 is 14.6 Å². The quantitative estimate of drug-likeness (QED) is 0.893. The van der Waals surface area contributed by atoms with E-state index in [1.807, 2.05) is 6.92 Å². The molecular weight excluding hydrogens is 316 g/mol. The average Bonchev–Trinajstić information content (AvgIpc) is 2.90. The van der Waals surface area contributed by atoms with Gasteiger partial charge in [-0.15, -0.1) is 0 Å². The summed E-state index contributed by atoms with van der Waals surface area (Å²) in [5.41, 5.74) is 2.06. The molecule has 0 aliphatic carbocycles. The lowest BCUT2D eigenvalue weighted by Crippen LogP contribution is -2.37. The molecule has 1 aliphatic rings. The van der Waals surface area contributed by atoms with Crippen LogP contribution in [0.5, 0.6) is 0 Å². The van der Waals surface area contributed by atoms with E-state index in [1.165, 1.54) is 0 Å². The molecule has 1 aliphatic heterocycles. The molecule has 1 aromatic carbocycles. The van der Waals surface area contributed by atoms with Crippen LogP contribution in [0.1, 0.15) is 43.0 Å². The Morgan fingerprint density at radius 1 is 1.57 bits per heavy atom. The predicted molar refractivity (Wildman–Crippen MR) is 86.5 cm³/mol. The van der Waals surface area contributed by atoms with Crippen molar-refractivity contribution >= 4 is 28.5 Å². The maximum Gasteiger partial charge on any atom is 0.306 e. The van der Waals surface area contributed by atoms with Crippen LogP contribution in [0.3, 0.4) is 0 Å². The molecule has 2 aromatic rings. The highest BCUT2D eigenvalue weighted by atomic mass is 35.5. The van der Waals surface area contributed by atoms with E-state index in [0.29, 0.717) is 35.6 Å². The highest BCUT2D eigenvalue weighted by molar-refractivity contribution is 6.35. The van der Waals surface area contributed by atoms with Crippen molar-refractivity contribution in [2.24, 2.45) is 0 Å². The summed E-state index contributed by atoms with van der Waals surface area (Å²) in [6, 6.07) is 5.58. The monoisotopic (exact) mass is 332 g/mol. The number of carboxylic acids is 1. The molecule has 0 fully saturated rings. The van der Waals surface area contributed by atoms with Gasteiger partial charge in [-0.25, -0.2) is 0 Å². The van der Waals surface area contributed by atoms with Gasteiger partial charge in [0, 0.05) is 5.39 Å². The zero-order chi connectivity index (χ0) is 16.6. The molecule has 0 bridgehead atoms. The number of rotatable bonds is 4. The van der Waals surface area contributed by atoms with Crippen molar-refractivity contribution in [1.82, 2.24) is 4.98 Å². The van der Waals surface area contributed by atoms with Crippen molar-refractivity contribution in [3.63, 3.8) is 0 Å². The first kappa shape index (κ1) is 15.9. The van der Waals surface area contributed by atoms with Crippen molar-refractivity contribution in [2.75, 3.05) is 6.61 Å². The minimum absolute atomic E-state index is 0.111. The lowest BCUT2D eigenvalue weighted by molar-refractivity contribution is -0.149. The van der Waals surface area contributed by atoms with Crippen LogP contribution < -0.4 is 0 Å². The normalized spacial score (nSPS) is 20.2. The number of ether oxygens (including phenoxy) is 1. The van der Waals surface area contributed by atoms with Gasteiger partial charge in [0.2, 0.25) is 0 Å². The molecular formula is C17H17ClN2O3. The Morgan fingerprint density at radius 2 is 2.35 bits per heavy atom. The second-order valence-electron chi connectivity index (χ2n) is 5.85. The number of carbonyl (C=O) groups is 1. The van der Waals surface area contributed by atoms with Crippen LogP contribution in [0.15, 0.2) is 12.1 Å². The van der Waals surface area contributed by atoms with Crippen LogP contribution in [0.25, 0.3) is 10.9 Å². The number of hydrogen-bond acceptors (Lipinski definition) is 3. The van der Waals surface area contributed by atoms with Gasteiger partial charge in [-0.2, -0.15) is 5.26 Å². The molecule has 120 valence electrons.